The summed E-state index contributed by atoms with van der Waals surface area (Å²) < 4.78 is 14.9. The number of hydrogen-bond acceptors (Lipinski definition) is 3. The summed E-state index contributed by atoms with van der Waals surface area (Å²) in [6, 6.07) is 4.31. The van der Waals surface area contributed by atoms with Crippen molar-refractivity contribution in [2.24, 2.45) is 5.41 Å². The van der Waals surface area contributed by atoms with Gasteiger partial charge in [0.05, 0.1) is 0 Å². The van der Waals surface area contributed by atoms with Gasteiger partial charge in [-0.3, -0.25) is 14.9 Å². The van der Waals surface area contributed by atoms with Crippen molar-refractivity contribution in [3.8, 4) is 0 Å². The fourth-order valence-corrected chi connectivity index (χ4v) is 6.48. The van der Waals surface area contributed by atoms with Gasteiger partial charge < -0.3 is 0 Å². The number of halogens is 1. The maximum Gasteiger partial charge on any atom is 0.274 e. The zero-order valence-corrected chi connectivity index (χ0v) is 15.1. The molecule has 2 unspecified atom stereocenters. The van der Waals surface area contributed by atoms with E-state index in [-0.39, 0.29) is 17.4 Å². The molecule has 2 N–H and O–H groups in total. The maximum atomic E-state index is 14.9. The zero-order valence-electron chi connectivity index (χ0n) is 15.1. The van der Waals surface area contributed by atoms with Gasteiger partial charge in [-0.05, 0) is 68.1 Å². The SMILES string of the molecule is O=C(NO)c1cc(F)c2c(c1)CC1CCC2N1C1CC2(CCCCC2)C1. The lowest BCUT2D eigenvalue weighted by Gasteiger charge is -2.56. The minimum atomic E-state index is -0.639. The van der Waals surface area contributed by atoms with E-state index >= 15 is 0 Å². The summed E-state index contributed by atoms with van der Waals surface area (Å²) in [4.78, 5) is 14.3. The highest BCUT2D eigenvalue weighted by Crippen LogP contribution is 2.57. The Morgan fingerprint density at radius 1 is 1.15 bits per heavy atom. The average Bonchev–Trinajstić information content (AvgIpc) is 2.92. The number of hydrogen-bond donors (Lipinski definition) is 2. The first kappa shape index (κ1) is 16.7. The highest BCUT2D eigenvalue weighted by Gasteiger charge is 2.53. The molecule has 2 aliphatic heterocycles. The molecule has 2 aliphatic carbocycles. The molecule has 1 spiro atoms. The molecule has 2 heterocycles. The van der Waals surface area contributed by atoms with E-state index in [4.69, 9.17) is 5.21 Å². The Morgan fingerprint density at radius 2 is 1.92 bits per heavy atom. The molecule has 3 fully saturated rings. The van der Waals surface area contributed by atoms with E-state index in [1.165, 1.54) is 51.0 Å². The number of fused-ring (bicyclic) bond motifs is 4. The smallest absolute Gasteiger partial charge is 0.274 e. The monoisotopic (exact) mass is 358 g/mol. The number of carbonyl (C=O) groups excluding carboxylic acids is 1. The first-order valence-corrected chi connectivity index (χ1v) is 10.1. The van der Waals surface area contributed by atoms with Crippen molar-refractivity contribution in [2.75, 3.05) is 0 Å². The van der Waals surface area contributed by atoms with Gasteiger partial charge in [0.1, 0.15) is 5.82 Å². The molecule has 5 rings (SSSR count). The molecule has 140 valence electrons. The van der Waals surface area contributed by atoms with Crippen LogP contribution in [0.4, 0.5) is 4.39 Å². The lowest BCUT2D eigenvalue weighted by atomic mass is 9.57. The van der Waals surface area contributed by atoms with E-state index in [2.05, 4.69) is 4.90 Å². The van der Waals surface area contributed by atoms with Crippen LogP contribution in [0.25, 0.3) is 0 Å². The van der Waals surface area contributed by atoms with Crippen LogP contribution in [0, 0.1) is 11.2 Å². The van der Waals surface area contributed by atoms with Crippen LogP contribution in [0.1, 0.15) is 85.3 Å². The minimum absolute atomic E-state index is 0.168. The third kappa shape index (κ3) is 2.43. The number of rotatable bonds is 2. The second-order valence-electron chi connectivity index (χ2n) is 8.99. The normalized spacial score (nSPS) is 30.1. The molecule has 2 atom stereocenters. The van der Waals surface area contributed by atoms with Crippen LogP contribution in [-0.2, 0) is 6.42 Å². The predicted molar refractivity (Wildman–Crippen MR) is 95.5 cm³/mol. The molecule has 1 amide bonds. The highest BCUT2D eigenvalue weighted by atomic mass is 19.1. The lowest BCUT2D eigenvalue weighted by Crippen LogP contribution is -2.55. The Labute approximate surface area is 153 Å². The summed E-state index contributed by atoms with van der Waals surface area (Å²) in [6.45, 7) is 0. The third-order valence-corrected chi connectivity index (χ3v) is 7.60. The topological polar surface area (TPSA) is 52.6 Å². The molecule has 2 bridgehead atoms. The van der Waals surface area contributed by atoms with Crippen LogP contribution in [0.3, 0.4) is 0 Å². The van der Waals surface area contributed by atoms with Crippen molar-refractivity contribution in [1.29, 1.82) is 0 Å². The molecular weight excluding hydrogens is 331 g/mol. The average molecular weight is 358 g/mol. The quantitative estimate of drug-likeness (QED) is 0.618. The number of nitrogens with zero attached hydrogens (tertiary/aromatic N) is 1. The first-order chi connectivity index (χ1) is 12.6. The van der Waals surface area contributed by atoms with Crippen LogP contribution < -0.4 is 5.48 Å². The van der Waals surface area contributed by atoms with E-state index in [1.807, 2.05) is 0 Å². The van der Waals surface area contributed by atoms with Crippen LogP contribution in [0.5, 0.6) is 0 Å². The van der Waals surface area contributed by atoms with E-state index in [9.17, 15) is 9.18 Å². The Morgan fingerprint density at radius 3 is 2.65 bits per heavy atom. The number of hydroxylamine groups is 1. The van der Waals surface area contributed by atoms with Crippen molar-refractivity contribution < 1.29 is 14.4 Å². The molecule has 2 saturated carbocycles. The summed E-state index contributed by atoms with van der Waals surface area (Å²) in [5, 5.41) is 8.84. The van der Waals surface area contributed by atoms with Crippen LogP contribution >= 0.6 is 0 Å². The Kier molecular flexibility index (Phi) is 3.87. The van der Waals surface area contributed by atoms with Gasteiger partial charge in [0.15, 0.2) is 0 Å². The van der Waals surface area contributed by atoms with Gasteiger partial charge in [-0.2, -0.15) is 0 Å². The molecule has 1 aromatic carbocycles. The summed E-state index contributed by atoms with van der Waals surface area (Å²) in [6.07, 6.45) is 12.5. The molecule has 0 radical (unpaired) electrons. The van der Waals surface area contributed by atoms with Crippen molar-refractivity contribution in [3.05, 3.63) is 34.6 Å². The maximum absolute atomic E-state index is 14.9. The number of nitrogens with one attached hydrogen (secondary N) is 1. The minimum Gasteiger partial charge on any atom is -0.290 e. The van der Waals surface area contributed by atoms with Gasteiger partial charge in [0, 0.05) is 29.3 Å². The van der Waals surface area contributed by atoms with Crippen LogP contribution in [0.2, 0.25) is 0 Å². The Balaban J connectivity index is 1.41. The first-order valence-electron chi connectivity index (χ1n) is 10.1. The van der Waals surface area contributed by atoms with Gasteiger partial charge in [-0.15, -0.1) is 0 Å². The molecule has 1 saturated heterocycles. The lowest BCUT2D eigenvalue weighted by molar-refractivity contribution is -0.0503. The van der Waals surface area contributed by atoms with Crippen molar-refractivity contribution in [3.63, 3.8) is 0 Å². The summed E-state index contributed by atoms with van der Waals surface area (Å²) in [7, 11) is 0. The summed E-state index contributed by atoms with van der Waals surface area (Å²) >= 11 is 0. The fourth-order valence-electron chi connectivity index (χ4n) is 6.48. The molecule has 26 heavy (non-hydrogen) atoms. The fraction of sp³-hybridized carbons (Fsp3) is 0.667. The van der Waals surface area contributed by atoms with Gasteiger partial charge >= 0.3 is 0 Å². The molecule has 5 heteroatoms. The largest absolute Gasteiger partial charge is 0.290 e. The van der Waals surface area contributed by atoms with Crippen LogP contribution in [-0.4, -0.2) is 28.1 Å². The Bertz CT molecular complexity index is 736. The highest BCUT2D eigenvalue weighted by molar-refractivity contribution is 5.93. The summed E-state index contributed by atoms with van der Waals surface area (Å²) in [5.74, 6) is -0.928. The zero-order chi connectivity index (χ0) is 17.9. The van der Waals surface area contributed by atoms with Gasteiger partial charge in [0.2, 0.25) is 0 Å². The van der Waals surface area contributed by atoms with Gasteiger partial charge in [0.25, 0.3) is 5.91 Å². The van der Waals surface area contributed by atoms with Crippen molar-refractivity contribution in [2.45, 2.75) is 82.3 Å². The molecule has 0 aromatic heterocycles. The third-order valence-electron chi connectivity index (χ3n) is 7.60. The van der Waals surface area contributed by atoms with E-state index in [0.29, 0.717) is 17.5 Å². The van der Waals surface area contributed by atoms with E-state index < -0.39 is 5.91 Å². The predicted octanol–water partition coefficient (Wildman–Crippen LogP) is 4.12. The molecule has 1 aromatic rings. The number of benzene rings is 1. The van der Waals surface area contributed by atoms with Crippen molar-refractivity contribution in [1.82, 2.24) is 10.4 Å². The molecule has 4 aliphatic rings. The second kappa shape index (κ2) is 6.03. The number of carbonyl (C=O) groups is 1. The second-order valence-corrected chi connectivity index (χ2v) is 8.99. The van der Waals surface area contributed by atoms with E-state index in [1.54, 1.807) is 11.5 Å². The van der Waals surface area contributed by atoms with E-state index in [0.717, 1.165) is 30.4 Å². The van der Waals surface area contributed by atoms with Gasteiger partial charge in [-0.1, -0.05) is 19.3 Å². The molecular formula is C21H27FN2O2. The van der Waals surface area contributed by atoms with Crippen molar-refractivity contribution >= 4 is 5.91 Å². The Hall–Kier alpha value is -1.46. The molecule has 4 nitrogen and oxygen atoms in total. The number of amides is 1. The standard InChI is InChI=1S/C21H27FN2O2/c22-17-10-14(20(25)23-26)8-13-9-15-4-5-18(19(13)17)24(15)16-11-21(12-16)6-2-1-3-7-21/h8,10,15-16,18,26H,1-7,9,11-12H2,(H,23,25). The summed E-state index contributed by atoms with van der Waals surface area (Å²) in [5.41, 5.74) is 4.17. The van der Waals surface area contributed by atoms with Gasteiger partial charge in [-0.25, -0.2) is 9.87 Å². The van der Waals surface area contributed by atoms with Crippen LogP contribution in [0.15, 0.2) is 12.1 Å².